The van der Waals surface area contributed by atoms with Gasteiger partial charge in [0.05, 0.1) is 0 Å². The molecule has 6 heteroatoms. The van der Waals surface area contributed by atoms with Gasteiger partial charge in [-0.2, -0.15) is 4.31 Å². The van der Waals surface area contributed by atoms with Crippen LogP contribution < -0.4 is 5.73 Å². The van der Waals surface area contributed by atoms with E-state index in [2.05, 4.69) is 0 Å². The van der Waals surface area contributed by atoms with Crippen molar-refractivity contribution in [1.82, 2.24) is 4.31 Å². The maximum atomic E-state index is 13.8. The molecule has 0 amide bonds. The average Bonchev–Trinajstić information content (AvgIpc) is 2.71. The number of hydrogen-bond acceptors (Lipinski definition) is 3. The van der Waals surface area contributed by atoms with E-state index in [4.69, 9.17) is 5.73 Å². The van der Waals surface area contributed by atoms with Crippen LogP contribution in [0.5, 0.6) is 0 Å². The van der Waals surface area contributed by atoms with Gasteiger partial charge in [0.25, 0.3) is 0 Å². The first-order valence-electron chi connectivity index (χ1n) is 6.35. The van der Waals surface area contributed by atoms with Crippen molar-refractivity contribution in [3.63, 3.8) is 0 Å². The highest BCUT2D eigenvalue weighted by Crippen LogP contribution is 2.29. The molecule has 106 valence electrons. The van der Waals surface area contributed by atoms with Crippen LogP contribution in [0.3, 0.4) is 0 Å². The number of halogens is 1. The molecule has 0 aliphatic carbocycles. The predicted molar refractivity (Wildman–Crippen MR) is 71.4 cm³/mol. The second-order valence-electron chi connectivity index (χ2n) is 5.25. The molecule has 0 radical (unpaired) electrons. The molecule has 2 atom stereocenters. The summed E-state index contributed by atoms with van der Waals surface area (Å²) in [5, 5.41) is 0. The smallest absolute Gasteiger partial charge is 0.246 e. The van der Waals surface area contributed by atoms with Gasteiger partial charge >= 0.3 is 0 Å². The largest absolute Gasteiger partial charge is 0.326 e. The van der Waals surface area contributed by atoms with Crippen molar-refractivity contribution in [3.05, 3.63) is 29.6 Å². The molecule has 2 unspecified atom stereocenters. The molecule has 0 aromatic heterocycles. The molecular formula is C13H19FN2O2S. The van der Waals surface area contributed by atoms with Crippen LogP contribution in [0.1, 0.15) is 19.4 Å². The molecule has 19 heavy (non-hydrogen) atoms. The highest BCUT2D eigenvalue weighted by molar-refractivity contribution is 7.89. The molecule has 4 nitrogen and oxygen atoms in total. The van der Waals surface area contributed by atoms with Gasteiger partial charge in [-0.15, -0.1) is 0 Å². The summed E-state index contributed by atoms with van der Waals surface area (Å²) in [5.41, 5.74) is 6.09. The molecule has 2 N–H and O–H groups in total. The van der Waals surface area contributed by atoms with Crippen molar-refractivity contribution in [2.24, 2.45) is 17.6 Å². The molecule has 1 heterocycles. The summed E-state index contributed by atoms with van der Waals surface area (Å²) >= 11 is 0. The monoisotopic (exact) mass is 286 g/mol. The Morgan fingerprint density at radius 2 is 1.89 bits per heavy atom. The minimum absolute atomic E-state index is 0.190. The van der Waals surface area contributed by atoms with Crippen LogP contribution in [-0.4, -0.2) is 25.8 Å². The van der Waals surface area contributed by atoms with Gasteiger partial charge in [-0.1, -0.05) is 19.9 Å². The Morgan fingerprint density at radius 3 is 2.42 bits per heavy atom. The van der Waals surface area contributed by atoms with Crippen LogP contribution in [0.25, 0.3) is 0 Å². The predicted octanol–water partition coefficient (Wildman–Crippen LogP) is 1.56. The van der Waals surface area contributed by atoms with E-state index < -0.39 is 15.8 Å². The van der Waals surface area contributed by atoms with Crippen molar-refractivity contribution in [1.29, 1.82) is 0 Å². The third-order valence-corrected chi connectivity index (χ3v) is 5.65. The Bertz CT molecular complexity index is 564. The van der Waals surface area contributed by atoms with Gasteiger partial charge in [0.15, 0.2) is 0 Å². The quantitative estimate of drug-likeness (QED) is 0.917. The molecule has 1 aromatic carbocycles. The van der Waals surface area contributed by atoms with E-state index >= 15 is 0 Å². The van der Waals surface area contributed by atoms with Crippen LogP contribution in [0.15, 0.2) is 23.1 Å². The second-order valence-corrected chi connectivity index (χ2v) is 7.15. The Labute approximate surface area is 113 Å². The highest BCUT2D eigenvalue weighted by Gasteiger charge is 2.36. The number of benzene rings is 1. The van der Waals surface area contributed by atoms with Crippen LogP contribution in [0, 0.1) is 17.7 Å². The summed E-state index contributed by atoms with van der Waals surface area (Å²) in [7, 11) is -3.77. The summed E-state index contributed by atoms with van der Waals surface area (Å²) in [5.74, 6) is -0.143. The zero-order valence-corrected chi connectivity index (χ0v) is 12.0. The van der Waals surface area contributed by atoms with Gasteiger partial charge in [0, 0.05) is 19.6 Å². The van der Waals surface area contributed by atoms with E-state index in [1.54, 1.807) is 0 Å². The minimum Gasteiger partial charge on any atom is -0.326 e. The topological polar surface area (TPSA) is 63.4 Å². The lowest BCUT2D eigenvalue weighted by molar-refractivity contribution is 0.456. The van der Waals surface area contributed by atoms with Crippen molar-refractivity contribution < 1.29 is 12.8 Å². The summed E-state index contributed by atoms with van der Waals surface area (Å²) in [6.07, 6.45) is 0. The first kappa shape index (κ1) is 14.4. The number of hydrogen-bond donors (Lipinski definition) is 1. The average molecular weight is 286 g/mol. The summed E-state index contributed by atoms with van der Waals surface area (Å²) < 4.78 is 40.1. The van der Waals surface area contributed by atoms with Gasteiger partial charge in [0.2, 0.25) is 10.0 Å². The number of sulfonamides is 1. The lowest BCUT2D eigenvalue weighted by Gasteiger charge is -2.17. The van der Waals surface area contributed by atoms with Crippen molar-refractivity contribution >= 4 is 10.0 Å². The number of nitrogens with two attached hydrogens (primary N) is 1. The minimum atomic E-state index is -3.77. The fourth-order valence-electron chi connectivity index (χ4n) is 2.28. The van der Waals surface area contributed by atoms with Crippen LogP contribution in [0.2, 0.25) is 0 Å². The Hall–Kier alpha value is -0.980. The van der Waals surface area contributed by atoms with E-state index in [1.165, 1.54) is 16.4 Å². The van der Waals surface area contributed by atoms with Crippen LogP contribution in [0.4, 0.5) is 4.39 Å². The summed E-state index contributed by atoms with van der Waals surface area (Å²) in [6, 6.07) is 4.00. The standard InChI is InChI=1S/C13H19FN2O2S/c1-9-7-16(8-10(9)2)19(17,18)13-5-11(6-15)3-4-12(13)14/h3-5,9-10H,6-8,15H2,1-2H3. The van der Waals surface area contributed by atoms with E-state index in [9.17, 15) is 12.8 Å². The molecule has 0 saturated carbocycles. The van der Waals surface area contributed by atoms with Crippen molar-refractivity contribution in [2.45, 2.75) is 25.3 Å². The molecule has 1 aliphatic heterocycles. The highest BCUT2D eigenvalue weighted by atomic mass is 32.2. The van der Waals surface area contributed by atoms with Gasteiger partial charge in [-0.3, -0.25) is 0 Å². The zero-order valence-electron chi connectivity index (χ0n) is 11.1. The number of rotatable bonds is 3. The lowest BCUT2D eigenvalue weighted by Crippen LogP contribution is -2.30. The molecule has 0 bridgehead atoms. The van der Waals surface area contributed by atoms with E-state index in [0.717, 1.165) is 6.07 Å². The van der Waals surface area contributed by atoms with E-state index in [-0.39, 0.29) is 23.3 Å². The van der Waals surface area contributed by atoms with E-state index in [1.807, 2.05) is 13.8 Å². The maximum absolute atomic E-state index is 13.8. The van der Waals surface area contributed by atoms with Gasteiger partial charge in [0.1, 0.15) is 10.7 Å². The van der Waals surface area contributed by atoms with Crippen LogP contribution in [-0.2, 0) is 16.6 Å². The molecule has 0 spiro atoms. The SMILES string of the molecule is CC1CN(S(=O)(=O)c2cc(CN)ccc2F)CC1C. The molecule has 2 rings (SSSR count). The fourth-order valence-corrected chi connectivity index (χ4v) is 4.04. The number of nitrogens with zero attached hydrogens (tertiary/aromatic N) is 1. The molecular weight excluding hydrogens is 267 g/mol. The molecule has 1 saturated heterocycles. The Balaban J connectivity index is 2.40. The second kappa shape index (κ2) is 5.19. The first-order valence-corrected chi connectivity index (χ1v) is 7.79. The third-order valence-electron chi connectivity index (χ3n) is 3.80. The lowest BCUT2D eigenvalue weighted by atomic mass is 10.0. The zero-order chi connectivity index (χ0) is 14.2. The molecule has 1 aliphatic rings. The van der Waals surface area contributed by atoms with Gasteiger partial charge in [-0.05, 0) is 29.5 Å². The fraction of sp³-hybridized carbons (Fsp3) is 0.538. The molecule has 1 fully saturated rings. The summed E-state index contributed by atoms with van der Waals surface area (Å²) in [6.45, 7) is 5.08. The Kier molecular flexibility index (Phi) is 3.94. The van der Waals surface area contributed by atoms with Gasteiger partial charge in [-0.25, -0.2) is 12.8 Å². The van der Waals surface area contributed by atoms with Gasteiger partial charge < -0.3 is 5.73 Å². The third kappa shape index (κ3) is 2.66. The Morgan fingerprint density at radius 1 is 1.32 bits per heavy atom. The summed E-state index contributed by atoms with van der Waals surface area (Å²) in [4.78, 5) is -0.267. The van der Waals surface area contributed by atoms with E-state index in [0.29, 0.717) is 18.7 Å². The molecule has 1 aromatic rings. The normalized spacial score (nSPS) is 24.8. The maximum Gasteiger partial charge on any atom is 0.246 e. The van der Waals surface area contributed by atoms with Crippen LogP contribution >= 0.6 is 0 Å². The van der Waals surface area contributed by atoms with Crippen molar-refractivity contribution in [3.8, 4) is 0 Å². The first-order chi connectivity index (χ1) is 8.86. The van der Waals surface area contributed by atoms with Crippen molar-refractivity contribution in [2.75, 3.05) is 13.1 Å².